The quantitative estimate of drug-likeness (QED) is 0.792. The Morgan fingerprint density at radius 2 is 2.25 bits per heavy atom. The molecule has 0 bridgehead atoms. The van der Waals surface area contributed by atoms with Crippen LogP contribution in [0.3, 0.4) is 0 Å². The van der Waals surface area contributed by atoms with Gasteiger partial charge in [-0.25, -0.2) is 4.79 Å². The minimum atomic E-state index is -0.845. The maximum Gasteiger partial charge on any atom is 0.328 e. The van der Waals surface area contributed by atoms with Crippen LogP contribution in [0.5, 0.6) is 0 Å². The number of carboxylic acids is 1. The predicted molar refractivity (Wildman–Crippen MR) is 65.5 cm³/mol. The van der Waals surface area contributed by atoms with Crippen LogP contribution in [0.2, 0.25) is 0 Å². The topological polar surface area (TPSA) is 49.3 Å². The summed E-state index contributed by atoms with van der Waals surface area (Å²) < 4.78 is 0. The summed E-state index contributed by atoms with van der Waals surface area (Å²) in [4.78, 5) is 12.0. The molecule has 0 aromatic carbocycles. The van der Waals surface area contributed by atoms with Gasteiger partial charge in [-0.2, -0.15) is 0 Å². The lowest BCUT2D eigenvalue weighted by atomic mass is 9.88. The third-order valence-corrected chi connectivity index (χ3v) is 3.78. The van der Waals surface area contributed by atoms with Crippen molar-refractivity contribution in [3.63, 3.8) is 0 Å². The molecular formula is C12H15NO2S. The van der Waals surface area contributed by atoms with Crippen molar-refractivity contribution in [3.8, 4) is 0 Å². The summed E-state index contributed by atoms with van der Waals surface area (Å²) in [7, 11) is 0. The Labute approximate surface area is 98.8 Å². The van der Waals surface area contributed by atoms with E-state index in [0.29, 0.717) is 5.92 Å². The van der Waals surface area contributed by atoms with Gasteiger partial charge in [-0.05, 0) is 48.9 Å². The smallest absolute Gasteiger partial charge is 0.328 e. The second-order valence-corrected chi connectivity index (χ2v) is 4.89. The van der Waals surface area contributed by atoms with Crippen LogP contribution in [0.1, 0.15) is 17.7 Å². The molecule has 0 saturated carbocycles. The molecule has 0 aliphatic carbocycles. The van der Waals surface area contributed by atoms with Crippen molar-refractivity contribution in [2.45, 2.75) is 12.8 Å². The van der Waals surface area contributed by atoms with Crippen molar-refractivity contribution in [1.29, 1.82) is 0 Å². The minimum Gasteiger partial charge on any atom is -0.478 e. The van der Waals surface area contributed by atoms with E-state index in [9.17, 15) is 4.79 Å². The van der Waals surface area contributed by atoms with Crippen molar-refractivity contribution < 1.29 is 9.90 Å². The van der Waals surface area contributed by atoms with E-state index in [4.69, 9.17) is 5.11 Å². The molecule has 0 spiro atoms. The first kappa shape index (κ1) is 11.4. The molecule has 2 heterocycles. The van der Waals surface area contributed by atoms with E-state index in [0.717, 1.165) is 36.4 Å². The molecule has 1 aromatic heterocycles. The first-order valence-electron chi connectivity index (χ1n) is 5.46. The molecule has 1 aliphatic rings. The van der Waals surface area contributed by atoms with Crippen LogP contribution in [0.15, 0.2) is 23.6 Å². The fourth-order valence-corrected chi connectivity index (χ4v) is 2.92. The molecule has 2 rings (SSSR count). The fourth-order valence-electron chi connectivity index (χ4n) is 2.10. The zero-order chi connectivity index (χ0) is 11.4. The SMILES string of the molecule is O=C(O)/C=C(/c1cccs1)C1CCNCC1. The molecule has 86 valence electrons. The van der Waals surface area contributed by atoms with E-state index in [-0.39, 0.29) is 0 Å². The Kier molecular flexibility index (Phi) is 3.74. The van der Waals surface area contributed by atoms with Gasteiger partial charge >= 0.3 is 5.97 Å². The van der Waals surface area contributed by atoms with Crippen LogP contribution >= 0.6 is 11.3 Å². The van der Waals surface area contributed by atoms with Gasteiger partial charge in [-0.3, -0.25) is 0 Å². The van der Waals surface area contributed by atoms with E-state index in [1.807, 2.05) is 17.5 Å². The van der Waals surface area contributed by atoms with Gasteiger partial charge in [0.2, 0.25) is 0 Å². The summed E-state index contributed by atoms with van der Waals surface area (Å²) >= 11 is 1.61. The third kappa shape index (κ3) is 2.71. The summed E-state index contributed by atoms with van der Waals surface area (Å²) in [6, 6.07) is 3.97. The van der Waals surface area contributed by atoms with Gasteiger partial charge in [-0.1, -0.05) is 6.07 Å². The largest absolute Gasteiger partial charge is 0.478 e. The number of aliphatic carboxylic acids is 1. The van der Waals surface area contributed by atoms with Crippen LogP contribution in [-0.4, -0.2) is 24.2 Å². The highest BCUT2D eigenvalue weighted by molar-refractivity contribution is 7.11. The van der Waals surface area contributed by atoms with Gasteiger partial charge < -0.3 is 10.4 Å². The summed E-state index contributed by atoms with van der Waals surface area (Å²) in [5.41, 5.74) is 0.990. The number of allylic oxidation sites excluding steroid dienone is 1. The molecule has 1 saturated heterocycles. The van der Waals surface area contributed by atoms with Crippen LogP contribution in [0.4, 0.5) is 0 Å². The first-order valence-corrected chi connectivity index (χ1v) is 6.34. The molecule has 1 aliphatic heterocycles. The Balaban J connectivity index is 2.24. The highest BCUT2D eigenvalue weighted by atomic mass is 32.1. The molecule has 4 heteroatoms. The van der Waals surface area contributed by atoms with Gasteiger partial charge in [0.05, 0.1) is 0 Å². The molecule has 0 atom stereocenters. The van der Waals surface area contributed by atoms with Crippen LogP contribution < -0.4 is 5.32 Å². The third-order valence-electron chi connectivity index (χ3n) is 2.86. The van der Waals surface area contributed by atoms with Crippen molar-refractivity contribution >= 4 is 22.9 Å². The zero-order valence-corrected chi connectivity index (χ0v) is 9.80. The molecule has 3 nitrogen and oxygen atoms in total. The normalized spacial score (nSPS) is 18.6. The van der Waals surface area contributed by atoms with E-state index in [1.54, 1.807) is 11.3 Å². The van der Waals surface area contributed by atoms with E-state index in [2.05, 4.69) is 5.32 Å². The Morgan fingerprint density at radius 3 is 2.81 bits per heavy atom. The number of piperidine rings is 1. The van der Waals surface area contributed by atoms with Crippen molar-refractivity contribution in [3.05, 3.63) is 28.5 Å². The molecular weight excluding hydrogens is 222 g/mol. The molecule has 0 unspecified atom stereocenters. The van der Waals surface area contributed by atoms with E-state index >= 15 is 0 Å². The molecule has 1 aromatic rings. The number of carboxylic acid groups (broad SMARTS) is 1. The highest BCUT2D eigenvalue weighted by Gasteiger charge is 2.20. The molecule has 0 radical (unpaired) electrons. The number of carbonyl (C=O) groups is 1. The lowest BCUT2D eigenvalue weighted by Gasteiger charge is -2.24. The fraction of sp³-hybridized carbons (Fsp3) is 0.417. The van der Waals surface area contributed by atoms with Crippen LogP contribution in [0, 0.1) is 5.92 Å². The lowest BCUT2D eigenvalue weighted by molar-refractivity contribution is -0.131. The van der Waals surface area contributed by atoms with E-state index in [1.165, 1.54) is 6.08 Å². The average Bonchev–Trinajstić information content (AvgIpc) is 2.80. The summed E-state index contributed by atoms with van der Waals surface area (Å²) in [5.74, 6) is -0.460. The Morgan fingerprint density at radius 1 is 1.50 bits per heavy atom. The second kappa shape index (κ2) is 5.27. The summed E-state index contributed by atoms with van der Waals surface area (Å²) in [6.07, 6.45) is 3.43. The second-order valence-electron chi connectivity index (χ2n) is 3.94. The van der Waals surface area contributed by atoms with Gasteiger partial charge in [0, 0.05) is 11.0 Å². The first-order chi connectivity index (χ1) is 7.77. The molecule has 2 N–H and O–H groups in total. The molecule has 1 fully saturated rings. The van der Waals surface area contributed by atoms with Crippen LogP contribution in [0.25, 0.3) is 5.57 Å². The van der Waals surface area contributed by atoms with Gasteiger partial charge in [0.1, 0.15) is 0 Å². The maximum atomic E-state index is 10.9. The molecule has 16 heavy (non-hydrogen) atoms. The van der Waals surface area contributed by atoms with Crippen molar-refractivity contribution in [2.24, 2.45) is 5.92 Å². The van der Waals surface area contributed by atoms with Crippen molar-refractivity contribution in [1.82, 2.24) is 5.32 Å². The summed E-state index contributed by atoms with van der Waals surface area (Å²) in [6.45, 7) is 1.96. The number of nitrogens with one attached hydrogen (secondary N) is 1. The van der Waals surface area contributed by atoms with E-state index < -0.39 is 5.97 Å². The zero-order valence-electron chi connectivity index (χ0n) is 8.98. The van der Waals surface area contributed by atoms with Gasteiger partial charge in [0.25, 0.3) is 0 Å². The van der Waals surface area contributed by atoms with Gasteiger partial charge in [0.15, 0.2) is 0 Å². The average molecular weight is 237 g/mol. The standard InChI is InChI=1S/C12H15NO2S/c14-12(15)8-10(11-2-1-7-16-11)9-3-5-13-6-4-9/h1-2,7-9,13H,3-6H2,(H,14,15)/b10-8+. The Hall–Kier alpha value is -1.13. The summed E-state index contributed by atoms with van der Waals surface area (Å²) in [5, 5.41) is 14.2. The number of thiophene rings is 1. The lowest BCUT2D eigenvalue weighted by Crippen LogP contribution is -2.28. The maximum absolute atomic E-state index is 10.9. The number of rotatable bonds is 3. The Bertz CT molecular complexity index is 378. The monoisotopic (exact) mass is 237 g/mol. The van der Waals surface area contributed by atoms with Crippen LogP contribution in [-0.2, 0) is 4.79 Å². The van der Waals surface area contributed by atoms with Crippen molar-refractivity contribution in [2.75, 3.05) is 13.1 Å². The number of hydrogen-bond donors (Lipinski definition) is 2. The molecule has 0 amide bonds. The minimum absolute atomic E-state index is 0.385. The van der Waals surface area contributed by atoms with Gasteiger partial charge in [-0.15, -0.1) is 11.3 Å². The highest BCUT2D eigenvalue weighted by Crippen LogP contribution is 2.32. The number of hydrogen-bond acceptors (Lipinski definition) is 3. The predicted octanol–water partition coefficient (Wildman–Crippen LogP) is 2.22.